The summed E-state index contributed by atoms with van der Waals surface area (Å²) in [7, 11) is 0. The van der Waals surface area contributed by atoms with Gasteiger partial charge in [0.05, 0.1) is 0 Å². The topological polar surface area (TPSA) is 39.8 Å². The lowest BCUT2D eigenvalue weighted by atomic mass is 10.1. The van der Waals surface area contributed by atoms with Crippen molar-refractivity contribution in [1.29, 1.82) is 0 Å². The van der Waals surface area contributed by atoms with E-state index < -0.39 is 0 Å². The lowest BCUT2D eigenvalue weighted by Gasteiger charge is -1.97. The first-order valence-electron chi connectivity index (χ1n) is 4.38. The highest BCUT2D eigenvalue weighted by Crippen LogP contribution is 2.01. The van der Waals surface area contributed by atoms with Crippen LogP contribution in [0.5, 0.6) is 0 Å². The monoisotopic (exact) mass is 166 g/mol. The molecule has 66 valence electrons. The molecule has 0 saturated carbocycles. The summed E-state index contributed by atoms with van der Waals surface area (Å²) in [5.41, 5.74) is 0.890. The van der Waals surface area contributed by atoms with E-state index in [4.69, 9.17) is 0 Å². The Labute approximate surface area is 72.6 Å². The van der Waals surface area contributed by atoms with E-state index in [1.807, 2.05) is 6.07 Å². The number of unbranched alkanes of at least 4 members (excludes halogenated alkanes) is 2. The molecule has 0 saturated heterocycles. The molecule has 1 rings (SSSR count). The van der Waals surface area contributed by atoms with Crippen LogP contribution < -0.4 is 4.85 Å². The standard InChI is InChI=1S/C9H14N2O/c1-2-3-4-6-9-7-5-8-11(12)10-9/h5,7-8H,2-4,6H2,1H3. The van der Waals surface area contributed by atoms with Gasteiger partial charge in [-0.25, -0.2) is 0 Å². The van der Waals surface area contributed by atoms with Gasteiger partial charge >= 0.3 is 0 Å². The first-order valence-corrected chi connectivity index (χ1v) is 4.38. The van der Waals surface area contributed by atoms with Crippen LogP contribution in [0.15, 0.2) is 18.3 Å². The highest BCUT2D eigenvalue weighted by molar-refractivity contribution is 4.96. The lowest BCUT2D eigenvalue weighted by molar-refractivity contribution is -0.670. The van der Waals surface area contributed by atoms with Crippen molar-refractivity contribution >= 4 is 0 Å². The molecule has 0 atom stereocenters. The molecule has 0 fully saturated rings. The van der Waals surface area contributed by atoms with Crippen LogP contribution >= 0.6 is 0 Å². The maximum Gasteiger partial charge on any atom is 0.209 e. The summed E-state index contributed by atoms with van der Waals surface area (Å²) in [6.45, 7) is 2.16. The lowest BCUT2D eigenvalue weighted by Crippen LogP contribution is -2.31. The van der Waals surface area contributed by atoms with Crippen molar-refractivity contribution in [2.24, 2.45) is 0 Å². The van der Waals surface area contributed by atoms with Crippen LogP contribution in [0.3, 0.4) is 0 Å². The molecule has 0 bridgehead atoms. The van der Waals surface area contributed by atoms with E-state index in [1.54, 1.807) is 6.07 Å². The van der Waals surface area contributed by atoms with Gasteiger partial charge in [-0.2, -0.15) is 0 Å². The molecule has 1 aromatic rings. The zero-order valence-electron chi connectivity index (χ0n) is 7.36. The van der Waals surface area contributed by atoms with Gasteiger partial charge in [0.1, 0.15) is 5.69 Å². The minimum atomic E-state index is 0.612. The average Bonchev–Trinajstić information content (AvgIpc) is 2.05. The summed E-state index contributed by atoms with van der Waals surface area (Å²) in [5, 5.41) is 14.5. The fraction of sp³-hybridized carbons (Fsp3) is 0.556. The SMILES string of the molecule is CCCCCc1ccc[n+]([O-])n1. The second kappa shape index (κ2) is 4.70. The first kappa shape index (κ1) is 8.97. The number of aryl methyl sites for hydroxylation is 1. The Bertz CT molecular complexity index is 238. The molecular formula is C9H14N2O. The summed E-state index contributed by atoms with van der Waals surface area (Å²) in [6.07, 6.45) is 5.84. The summed E-state index contributed by atoms with van der Waals surface area (Å²) < 4.78 is 0. The van der Waals surface area contributed by atoms with Crippen molar-refractivity contribution in [1.82, 2.24) is 5.10 Å². The molecule has 0 N–H and O–H groups in total. The van der Waals surface area contributed by atoms with Crippen molar-refractivity contribution in [3.05, 3.63) is 29.2 Å². The molecule has 0 spiro atoms. The van der Waals surface area contributed by atoms with Crippen LogP contribution in [0.2, 0.25) is 0 Å². The van der Waals surface area contributed by atoms with Crippen LogP contribution in [0, 0.1) is 5.21 Å². The molecule has 0 aromatic carbocycles. The van der Waals surface area contributed by atoms with E-state index in [0.717, 1.165) is 18.5 Å². The smallest absolute Gasteiger partial charge is 0.209 e. The van der Waals surface area contributed by atoms with Gasteiger partial charge in [0.25, 0.3) is 0 Å². The molecule has 0 aliphatic carbocycles. The van der Waals surface area contributed by atoms with E-state index in [9.17, 15) is 5.21 Å². The zero-order valence-corrected chi connectivity index (χ0v) is 7.36. The van der Waals surface area contributed by atoms with Crippen molar-refractivity contribution in [2.45, 2.75) is 32.6 Å². The predicted molar refractivity (Wildman–Crippen MR) is 46.4 cm³/mol. The van der Waals surface area contributed by atoms with Crippen molar-refractivity contribution in [2.75, 3.05) is 0 Å². The van der Waals surface area contributed by atoms with Crippen molar-refractivity contribution < 1.29 is 4.85 Å². The van der Waals surface area contributed by atoms with Crippen LogP contribution in [-0.2, 0) is 6.42 Å². The number of hydrogen-bond donors (Lipinski definition) is 0. The molecule has 0 radical (unpaired) electrons. The van der Waals surface area contributed by atoms with Gasteiger partial charge in [-0.1, -0.05) is 24.6 Å². The van der Waals surface area contributed by atoms with Gasteiger partial charge < -0.3 is 5.21 Å². The Balaban J connectivity index is 2.41. The predicted octanol–water partition coefficient (Wildman–Crippen LogP) is 1.45. The van der Waals surface area contributed by atoms with Crippen LogP contribution in [0.25, 0.3) is 0 Å². The summed E-state index contributed by atoms with van der Waals surface area (Å²) >= 11 is 0. The number of rotatable bonds is 4. The molecular weight excluding hydrogens is 152 g/mol. The minimum Gasteiger partial charge on any atom is -0.594 e. The molecule has 1 aromatic heterocycles. The van der Waals surface area contributed by atoms with Crippen LogP contribution in [0.4, 0.5) is 0 Å². The van der Waals surface area contributed by atoms with E-state index >= 15 is 0 Å². The molecule has 0 amide bonds. The second-order valence-electron chi connectivity index (χ2n) is 2.86. The second-order valence-corrected chi connectivity index (χ2v) is 2.86. The fourth-order valence-electron chi connectivity index (χ4n) is 1.11. The van der Waals surface area contributed by atoms with Gasteiger partial charge in [0.2, 0.25) is 6.20 Å². The van der Waals surface area contributed by atoms with Gasteiger partial charge in [0, 0.05) is 11.2 Å². The molecule has 0 aliphatic rings. The van der Waals surface area contributed by atoms with Crippen molar-refractivity contribution in [3.63, 3.8) is 0 Å². The van der Waals surface area contributed by atoms with E-state index in [0.29, 0.717) is 4.85 Å². The Hall–Kier alpha value is -1.12. The Morgan fingerprint density at radius 1 is 1.50 bits per heavy atom. The maximum atomic E-state index is 10.7. The maximum absolute atomic E-state index is 10.7. The van der Waals surface area contributed by atoms with Crippen LogP contribution in [0.1, 0.15) is 31.9 Å². The minimum absolute atomic E-state index is 0.612. The number of aromatic nitrogens is 2. The summed E-state index contributed by atoms with van der Waals surface area (Å²) in [6, 6.07) is 3.63. The molecule has 12 heavy (non-hydrogen) atoms. The third-order valence-corrected chi connectivity index (χ3v) is 1.77. The molecule has 3 heteroatoms. The number of nitrogens with zero attached hydrogens (tertiary/aromatic N) is 2. The van der Waals surface area contributed by atoms with Crippen molar-refractivity contribution in [3.8, 4) is 0 Å². The van der Waals surface area contributed by atoms with Gasteiger partial charge in [-0.3, -0.25) is 0 Å². The highest BCUT2D eigenvalue weighted by Gasteiger charge is 1.97. The molecule has 0 aliphatic heterocycles. The largest absolute Gasteiger partial charge is 0.594 e. The van der Waals surface area contributed by atoms with Gasteiger partial charge in [-0.05, 0) is 18.9 Å². The van der Waals surface area contributed by atoms with E-state index in [-0.39, 0.29) is 0 Å². The Morgan fingerprint density at radius 2 is 2.33 bits per heavy atom. The summed E-state index contributed by atoms with van der Waals surface area (Å²) in [4.78, 5) is 0.612. The molecule has 3 nitrogen and oxygen atoms in total. The fourth-order valence-corrected chi connectivity index (χ4v) is 1.11. The quantitative estimate of drug-likeness (QED) is 0.386. The normalized spacial score (nSPS) is 10.1. The Morgan fingerprint density at radius 3 is 3.00 bits per heavy atom. The molecule has 0 unspecified atom stereocenters. The third kappa shape index (κ3) is 2.86. The van der Waals surface area contributed by atoms with E-state index in [2.05, 4.69) is 12.0 Å². The van der Waals surface area contributed by atoms with Gasteiger partial charge in [0.15, 0.2) is 0 Å². The average molecular weight is 166 g/mol. The third-order valence-electron chi connectivity index (χ3n) is 1.77. The van der Waals surface area contributed by atoms with Crippen LogP contribution in [-0.4, -0.2) is 5.10 Å². The first-order chi connectivity index (χ1) is 5.83. The van der Waals surface area contributed by atoms with E-state index in [1.165, 1.54) is 19.0 Å². The summed E-state index contributed by atoms with van der Waals surface area (Å²) in [5.74, 6) is 0. The zero-order chi connectivity index (χ0) is 8.81. The highest BCUT2D eigenvalue weighted by atomic mass is 16.5. The molecule has 1 heterocycles. The number of hydrogen-bond acceptors (Lipinski definition) is 2. The van der Waals surface area contributed by atoms with Gasteiger partial charge in [-0.15, -0.1) is 0 Å². The Kier molecular flexibility index (Phi) is 3.51.